The van der Waals surface area contributed by atoms with Crippen molar-refractivity contribution in [2.75, 3.05) is 13.7 Å². The van der Waals surface area contributed by atoms with E-state index in [-0.39, 0.29) is 12.5 Å². The third-order valence-electron chi connectivity index (χ3n) is 1.86. The first-order valence-electron chi connectivity index (χ1n) is 3.57. The molecule has 1 fully saturated rings. The fraction of sp³-hybridized carbons (Fsp3) is 0.500. The molecule has 1 heterocycles. The number of cyclic esters (lactones) is 1. The number of hydrogen-bond donors (Lipinski definition) is 0. The fourth-order valence-corrected chi connectivity index (χ4v) is 1.14. The maximum atomic E-state index is 11.0. The maximum absolute atomic E-state index is 11.0. The van der Waals surface area contributed by atoms with E-state index in [9.17, 15) is 9.59 Å². The minimum absolute atomic E-state index is 0.224. The summed E-state index contributed by atoms with van der Waals surface area (Å²) in [4.78, 5) is 22.0. The van der Waals surface area contributed by atoms with Crippen molar-refractivity contribution in [1.29, 1.82) is 0 Å². The molecule has 0 aromatic heterocycles. The summed E-state index contributed by atoms with van der Waals surface area (Å²) in [5.41, 5.74) is 0. The molecule has 0 N–H and O–H groups in total. The molecule has 4 heteroatoms. The minimum atomic E-state index is -0.813. The molecule has 1 saturated heterocycles. The smallest absolute Gasteiger partial charge is 0.321 e. The zero-order chi connectivity index (χ0) is 9.14. The van der Waals surface area contributed by atoms with Crippen LogP contribution in [-0.4, -0.2) is 25.7 Å². The summed E-state index contributed by atoms with van der Waals surface area (Å²) in [5.74, 6) is -2.13. The van der Waals surface area contributed by atoms with Crippen LogP contribution in [0.4, 0.5) is 0 Å². The van der Waals surface area contributed by atoms with E-state index in [1.807, 2.05) is 0 Å². The molecule has 0 spiro atoms. The van der Waals surface area contributed by atoms with Crippen LogP contribution in [-0.2, 0) is 19.1 Å². The van der Waals surface area contributed by atoms with Crippen LogP contribution in [0, 0.1) is 11.8 Å². The Labute approximate surface area is 70.1 Å². The van der Waals surface area contributed by atoms with Gasteiger partial charge in [-0.25, -0.2) is 0 Å². The van der Waals surface area contributed by atoms with Gasteiger partial charge in [-0.3, -0.25) is 9.59 Å². The van der Waals surface area contributed by atoms with Crippen molar-refractivity contribution in [1.82, 2.24) is 0 Å². The van der Waals surface area contributed by atoms with Gasteiger partial charge in [0.1, 0.15) is 0 Å². The van der Waals surface area contributed by atoms with Crippen molar-refractivity contribution in [2.45, 2.75) is 0 Å². The number of ether oxygens (including phenoxy) is 2. The van der Waals surface area contributed by atoms with Gasteiger partial charge in [-0.15, -0.1) is 6.58 Å². The molecule has 0 radical (unpaired) electrons. The molecule has 0 aromatic carbocycles. The van der Waals surface area contributed by atoms with Crippen LogP contribution in [0.3, 0.4) is 0 Å². The predicted octanol–water partition coefficient (Wildman–Crippen LogP) is 0.135. The van der Waals surface area contributed by atoms with Crippen LogP contribution in [0.2, 0.25) is 0 Å². The van der Waals surface area contributed by atoms with Crippen LogP contribution in [0.15, 0.2) is 12.7 Å². The molecule has 12 heavy (non-hydrogen) atoms. The van der Waals surface area contributed by atoms with Gasteiger partial charge in [-0.05, 0) is 0 Å². The molecule has 1 rings (SSSR count). The molecular formula is C8H10O4. The summed E-state index contributed by atoms with van der Waals surface area (Å²) < 4.78 is 9.13. The van der Waals surface area contributed by atoms with Crippen molar-refractivity contribution in [3.05, 3.63) is 12.7 Å². The van der Waals surface area contributed by atoms with E-state index in [1.54, 1.807) is 0 Å². The maximum Gasteiger partial charge on any atom is 0.321 e. The molecule has 1 aliphatic heterocycles. The molecule has 4 nitrogen and oxygen atoms in total. The Morgan fingerprint density at radius 3 is 3.00 bits per heavy atom. The first-order chi connectivity index (χ1) is 5.70. The van der Waals surface area contributed by atoms with Gasteiger partial charge < -0.3 is 9.47 Å². The van der Waals surface area contributed by atoms with Gasteiger partial charge in [-0.2, -0.15) is 0 Å². The van der Waals surface area contributed by atoms with Crippen LogP contribution in [0.1, 0.15) is 0 Å². The highest BCUT2D eigenvalue weighted by Gasteiger charge is 2.41. The Balaban J connectivity index is 2.76. The van der Waals surface area contributed by atoms with Crippen LogP contribution in [0.25, 0.3) is 0 Å². The average molecular weight is 170 g/mol. The van der Waals surface area contributed by atoms with Gasteiger partial charge in [0.05, 0.1) is 13.7 Å². The predicted molar refractivity (Wildman–Crippen MR) is 40.2 cm³/mol. The lowest BCUT2D eigenvalue weighted by Crippen LogP contribution is -2.25. The Bertz CT molecular complexity index is 221. The van der Waals surface area contributed by atoms with E-state index in [0.717, 1.165) is 0 Å². The highest BCUT2D eigenvalue weighted by molar-refractivity contribution is 5.96. The van der Waals surface area contributed by atoms with Crippen molar-refractivity contribution >= 4 is 11.9 Å². The van der Waals surface area contributed by atoms with Crippen molar-refractivity contribution < 1.29 is 19.1 Å². The lowest BCUT2D eigenvalue weighted by atomic mass is 9.96. The minimum Gasteiger partial charge on any atom is -0.468 e. The Hall–Kier alpha value is -1.32. The highest BCUT2D eigenvalue weighted by atomic mass is 16.6. The molecule has 2 atom stereocenters. The first-order valence-corrected chi connectivity index (χ1v) is 3.57. The number of methoxy groups -OCH3 is 1. The fourth-order valence-electron chi connectivity index (χ4n) is 1.14. The molecule has 1 aliphatic rings. The summed E-state index contributed by atoms with van der Waals surface area (Å²) >= 11 is 0. The summed E-state index contributed by atoms with van der Waals surface area (Å²) in [6.45, 7) is 3.73. The Morgan fingerprint density at radius 1 is 1.83 bits per heavy atom. The van der Waals surface area contributed by atoms with Crippen LogP contribution >= 0.6 is 0 Å². The van der Waals surface area contributed by atoms with E-state index in [2.05, 4.69) is 16.1 Å². The van der Waals surface area contributed by atoms with Gasteiger partial charge in [0.25, 0.3) is 0 Å². The normalized spacial score (nSPS) is 27.9. The molecule has 0 amide bonds. The topological polar surface area (TPSA) is 52.6 Å². The molecule has 66 valence electrons. The highest BCUT2D eigenvalue weighted by Crippen LogP contribution is 2.23. The van der Waals surface area contributed by atoms with E-state index < -0.39 is 17.9 Å². The Morgan fingerprint density at radius 2 is 2.50 bits per heavy atom. The molecular weight excluding hydrogens is 160 g/mol. The third-order valence-corrected chi connectivity index (χ3v) is 1.86. The van der Waals surface area contributed by atoms with Gasteiger partial charge in [0.15, 0.2) is 5.92 Å². The summed E-state index contributed by atoms with van der Waals surface area (Å²) in [6.07, 6.45) is 1.53. The number of carbonyl (C=O) groups is 2. The van der Waals surface area contributed by atoms with Gasteiger partial charge in [-0.1, -0.05) is 6.08 Å². The second-order valence-electron chi connectivity index (χ2n) is 2.53. The zero-order valence-electron chi connectivity index (χ0n) is 6.78. The quantitative estimate of drug-likeness (QED) is 0.336. The van der Waals surface area contributed by atoms with E-state index in [0.29, 0.717) is 0 Å². The largest absolute Gasteiger partial charge is 0.468 e. The number of carbonyl (C=O) groups excluding carboxylic acids is 2. The number of rotatable bonds is 2. The van der Waals surface area contributed by atoms with E-state index in [4.69, 9.17) is 0 Å². The lowest BCUT2D eigenvalue weighted by Gasteiger charge is -2.07. The van der Waals surface area contributed by atoms with Gasteiger partial charge in [0, 0.05) is 5.92 Å². The molecule has 0 aliphatic carbocycles. The van der Waals surface area contributed by atoms with E-state index >= 15 is 0 Å². The van der Waals surface area contributed by atoms with Crippen molar-refractivity contribution in [3.63, 3.8) is 0 Å². The van der Waals surface area contributed by atoms with Crippen molar-refractivity contribution in [2.24, 2.45) is 11.8 Å². The van der Waals surface area contributed by atoms with Crippen LogP contribution in [0.5, 0.6) is 0 Å². The standard InChI is InChI=1S/C8H10O4/c1-3-5-4-12-8(10)6(5)7(9)11-2/h3,5-6H,1,4H2,2H3/t5-,6?/m1/s1. The number of hydrogen-bond acceptors (Lipinski definition) is 4. The zero-order valence-corrected chi connectivity index (χ0v) is 6.78. The molecule has 1 unspecified atom stereocenters. The summed E-state index contributed by atoms with van der Waals surface area (Å²) in [6, 6.07) is 0. The monoisotopic (exact) mass is 170 g/mol. The third kappa shape index (κ3) is 1.32. The van der Waals surface area contributed by atoms with E-state index in [1.165, 1.54) is 13.2 Å². The van der Waals surface area contributed by atoms with Gasteiger partial charge >= 0.3 is 11.9 Å². The molecule has 0 bridgehead atoms. The van der Waals surface area contributed by atoms with Crippen molar-refractivity contribution in [3.8, 4) is 0 Å². The second kappa shape index (κ2) is 3.38. The van der Waals surface area contributed by atoms with Crippen LogP contribution < -0.4 is 0 Å². The lowest BCUT2D eigenvalue weighted by molar-refractivity contribution is -0.154. The Kier molecular flexibility index (Phi) is 2.47. The number of esters is 2. The average Bonchev–Trinajstić information content (AvgIpc) is 2.45. The summed E-state index contributed by atoms with van der Waals surface area (Å²) in [5, 5.41) is 0. The first kappa shape index (κ1) is 8.77. The SMILES string of the molecule is C=C[C@@H]1COC(=O)C1C(=O)OC. The second-order valence-corrected chi connectivity index (χ2v) is 2.53. The molecule has 0 aromatic rings. The van der Waals surface area contributed by atoms with Gasteiger partial charge in [0.2, 0.25) is 0 Å². The summed E-state index contributed by atoms with van der Waals surface area (Å²) in [7, 11) is 1.24. The molecule has 0 saturated carbocycles.